The highest BCUT2D eigenvalue weighted by atomic mass is 32.1. The van der Waals surface area contributed by atoms with E-state index in [4.69, 9.17) is 0 Å². The third-order valence-corrected chi connectivity index (χ3v) is 4.63. The Morgan fingerprint density at radius 1 is 1.19 bits per heavy atom. The number of nitrogens with one attached hydrogen (secondary N) is 2. The number of rotatable bonds is 3. The van der Waals surface area contributed by atoms with E-state index in [2.05, 4.69) is 10.6 Å². The third-order valence-electron chi connectivity index (χ3n) is 3.39. The second-order valence-electron chi connectivity index (χ2n) is 6.60. The first kappa shape index (κ1) is 16.0. The number of carbonyl (C=O) groups excluding carboxylic acids is 2. The van der Waals surface area contributed by atoms with Crippen LogP contribution in [0.4, 0.5) is 0 Å². The first-order chi connectivity index (χ1) is 9.85. The molecule has 1 aliphatic rings. The molecular weight excluding hydrogens is 284 g/mol. The minimum absolute atomic E-state index is 0.0265. The molecule has 0 unspecified atom stereocenters. The SMILES string of the molecule is CC(C)(C)NC(=O)CNC(=O)c1cc2c(s1)CCCCC2. The zero-order valence-electron chi connectivity index (χ0n) is 13.0. The maximum absolute atomic E-state index is 12.1. The van der Waals surface area contributed by atoms with Crippen molar-refractivity contribution in [1.82, 2.24) is 10.6 Å². The fraction of sp³-hybridized carbons (Fsp3) is 0.625. The molecule has 2 amide bonds. The Bertz CT molecular complexity index is 505. The largest absolute Gasteiger partial charge is 0.350 e. The van der Waals surface area contributed by atoms with Crippen LogP contribution in [0.2, 0.25) is 0 Å². The fourth-order valence-electron chi connectivity index (χ4n) is 2.49. The van der Waals surface area contributed by atoms with E-state index in [1.54, 1.807) is 11.3 Å². The van der Waals surface area contributed by atoms with Crippen LogP contribution in [0.3, 0.4) is 0 Å². The molecule has 0 radical (unpaired) electrons. The van der Waals surface area contributed by atoms with E-state index in [-0.39, 0.29) is 23.9 Å². The normalized spacial score (nSPS) is 15.0. The maximum Gasteiger partial charge on any atom is 0.261 e. The van der Waals surface area contributed by atoms with E-state index in [1.165, 1.54) is 29.7 Å². The van der Waals surface area contributed by atoms with Crippen LogP contribution in [0.25, 0.3) is 0 Å². The predicted octanol–water partition coefficient (Wildman–Crippen LogP) is 2.66. The monoisotopic (exact) mass is 308 g/mol. The van der Waals surface area contributed by atoms with Gasteiger partial charge in [-0.25, -0.2) is 0 Å². The van der Waals surface area contributed by atoms with Crippen molar-refractivity contribution in [3.05, 3.63) is 21.4 Å². The Balaban J connectivity index is 1.90. The standard InChI is InChI=1S/C16H24N2O2S/c1-16(2,3)18-14(19)10-17-15(20)13-9-11-7-5-4-6-8-12(11)21-13/h9H,4-8,10H2,1-3H3,(H,17,20)(H,18,19). The molecule has 0 atom stereocenters. The van der Waals surface area contributed by atoms with Crippen LogP contribution in [-0.4, -0.2) is 23.9 Å². The van der Waals surface area contributed by atoms with E-state index in [9.17, 15) is 9.59 Å². The molecule has 1 aromatic rings. The molecule has 21 heavy (non-hydrogen) atoms. The van der Waals surface area contributed by atoms with Gasteiger partial charge in [0.05, 0.1) is 11.4 Å². The molecule has 1 heterocycles. The summed E-state index contributed by atoms with van der Waals surface area (Å²) in [7, 11) is 0. The summed E-state index contributed by atoms with van der Waals surface area (Å²) >= 11 is 1.58. The number of amides is 2. The van der Waals surface area contributed by atoms with Crippen LogP contribution >= 0.6 is 11.3 Å². The first-order valence-electron chi connectivity index (χ1n) is 7.56. The Kier molecular flexibility index (Phi) is 5.04. The summed E-state index contributed by atoms with van der Waals surface area (Å²) in [5, 5.41) is 5.54. The van der Waals surface area contributed by atoms with Crippen molar-refractivity contribution >= 4 is 23.2 Å². The van der Waals surface area contributed by atoms with Crippen LogP contribution in [0, 0.1) is 0 Å². The van der Waals surface area contributed by atoms with Gasteiger partial charge < -0.3 is 10.6 Å². The van der Waals surface area contributed by atoms with Crippen molar-refractivity contribution in [1.29, 1.82) is 0 Å². The topological polar surface area (TPSA) is 58.2 Å². The summed E-state index contributed by atoms with van der Waals surface area (Å²) in [6.07, 6.45) is 5.85. The van der Waals surface area contributed by atoms with Crippen molar-refractivity contribution in [3.8, 4) is 0 Å². The van der Waals surface area contributed by atoms with E-state index < -0.39 is 0 Å². The summed E-state index contributed by atoms with van der Waals surface area (Å²) < 4.78 is 0. The van der Waals surface area contributed by atoms with E-state index in [0.717, 1.165) is 17.7 Å². The second kappa shape index (κ2) is 6.60. The maximum atomic E-state index is 12.1. The highest BCUT2D eigenvalue weighted by Crippen LogP contribution is 2.28. The van der Waals surface area contributed by atoms with Crippen molar-refractivity contribution in [3.63, 3.8) is 0 Å². The number of hydrogen-bond donors (Lipinski definition) is 2. The quantitative estimate of drug-likeness (QED) is 0.843. The van der Waals surface area contributed by atoms with E-state index in [1.807, 2.05) is 26.8 Å². The lowest BCUT2D eigenvalue weighted by Gasteiger charge is -2.20. The average molecular weight is 308 g/mol. The molecule has 4 nitrogen and oxygen atoms in total. The second-order valence-corrected chi connectivity index (χ2v) is 7.74. The molecule has 0 spiro atoms. The van der Waals surface area contributed by atoms with Crippen LogP contribution in [-0.2, 0) is 17.6 Å². The smallest absolute Gasteiger partial charge is 0.261 e. The zero-order chi connectivity index (χ0) is 15.5. The molecule has 0 saturated carbocycles. The summed E-state index contributed by atoms with van der Waals surface area (Å²) in [6.45, 7) is 5.79. The molecule has 1 aromatic heterocycles. The van der Waals surface area contributed by atoms with Gasteiger partial charge in [0.15, 0.2) is 0 Å². The van der Waals surface area contributed by atoms with E-state index >= 15 is 0 Å². The third kappa shape index (κ3) is 4.84. The zero-order valence-corrected chi connectivity index (χ0v) is 13.9. The average Bonchev–Trinajstić information content (AvgIpc) is 2.65. The molecule has 0 aliphatic heterocycles. The Labute approximate surface area is 130 Å². The van der Waals surface area contributed by atoms with E-state index in [0.29, 0.717) is 0 Å². The van der Waals surface area contributed by atoms with Gasteiger partial charge in [-0.05, 0) is 58.1 Å². The predicted molar refractivity (Wildman–Crippen MR) is 85.8 cm³/mol. The van der Waals surface area contributed by atoms with Gasteiger partial charge in [-0.15, -0.1) is 11.3 Å². The van der Waals surface area contributed by atoms with Crippen LogP contribution in [0.1, 0.15) is 60.1 Å². The Morgan fingerprint density at radius 3 is 2.62 bits per heavy atom. The first-order valence-corrected chi connectivity index (χ1v) is 8.37. The number of aryl methyl sites for hydroxylation is 2. The molecule has 5 heteroatoms. The highest BCUT2D eigenvalue weighted by Gasteiger charge is 2.18. The van der Waals surface area contributed by atoms with Crippen molar-refractivity contribution in [2.75, 3.05) is 6.54 Å². The molecule has 0 bridgehead atoms. The van der Waals surface area contributed by atoms with Gasteiger partial charge >= 0.3 is 0 Å². The van der Waals surface area contributed by atoms with Gasteiger partial charge in [0, 0.05) is 10.4 Å². The number of hydrogen-bond acceptors (Lipinski definition) is 3. The van der Waals surface area contributed by atoms with Gasteiger partial charge in [-0.2, -0.15) is 0 Å². The Hall–Kier alpha value is -1.36. The van der Waals surface area contributed by atoms with Crippen LogP contribution < -0.4 is 10.6 Å². The molecule has 116 valence electrons. The number of fused-ring (bicyclic) bond motifs is 1. The number of thiophene rings is 1. The lowest BCUT2D eigenvalue weighted by Crippen LogP contribution is -2.45. The van der Waals surface area contributed by atoms with Gasteiger partial charge in [-0.1, -0.05) is 6.42 Å². The van der Waals surface area contributed by atoms with Gasteiger partial charge in [0.2, 0.25) is 5.91 Å². The molecule has 0 fully saturated rings. The summed E-state index contributed by atoms with van der Waals surface area (Å²) in [6, 6.07) is 2.00. The number of carbonyl (C=O) groups is 2. The van der Waals surface area contributed by atoms with Gasteiger partial charge in [0.1, 0.15) is 0 Å². The highest BCUT2D eigenvalue weighted by molar-refractivity contribution is 7.14. The van der Waals surface area contributed by atoms with Crippen LogP contribution in [0.5, 0.6) is 0 Å². The van der Waals surface area contributed by atoms with Crippen molar-refractivity contribution in [2.24, 2.45) is 0 Å². The minimum atomic E-state index is -0.276. The lowest BCUT2D eigenvalue weighted by molar-refractivity contribution is -0.121. The summed E-state index contributed by atoms with van der Waals surface area (Å²) in [4.78, 5) is 25.9. The van der Waals surface area contributed by atoms with Crippen molar-refractivity contribution in [2.45, 2.75) is 58.4 Å². The molecule has 2 N–H and O–H groups in total. The molecule has 2 rings (SSSR count). The Morgan fingerprint density at radius 2 is 1.90 bits per heavy atom. The van der Waals surface area contributed by atoms with Gasteiger partial charge in [0.25, 0.3) is 5.91 Å². The summed E-state index contributed by atoms with van der Waals surface area (Å²) in [5.41, 5.74) is 1.05. The lowest BCUT2D eigenvalue weighted by atomic mass is 10.1. The van der Waals surface area contributed by atoms with Crippen molar-refractivity contribution < 1.29 is 9.59 Å². The van der Waals surface area contributed by atoms with Gasteiger partial charge in [-0.3, -0.25) is 9.59 Å². The molecular formula is C16H24N2O2S. The molecule has 0 aromatic carbocycles. The molecule has 0 saturated heterocycles. The molecule has 1 aliphatic carbocycles. The summed E-state index contributed by atoms with van der Waals surface area (Å²) in [5.74, 6) is -0.300. The fourth-order valence-corrected chi connectivity index (χ4v) is 3.66. The van der Waals surface area contributed by atoms with Crippen LogP contribution in [0.15, 0.2) is 6.07 Å². The minimum Gasteiger partial charge on any atom is -0.350 e.